The minimum atomic E-state index is -0.826. The lowest BCUT2D eigenvalue weighted by Crippen LogP contribution is -1.90. The molecule has 0 aliphatic heterocycles. The predicted octanol–water partition coefficient (Wildman–Crippen LogP) is 2.70. The second-order valence-corrected chi connectivity index (χ2v) is 4.45. The molecule has 0 amide bonds. The highest BCUT2D eigenvalue weighted by Crippen LogP contribution is 2.19. The highest BCUT2D eigenvalue weighted by Gasteiger charge is 2.05. The highest BCUT2D eigenvalue weighted by atomic mass is 32.2. The minimum absolute atomic E-state index is 0.432. The Morgan fingerprint density at radius 1 is 1.75 bits per heavy atom. The van der Waals surface area contributed by atoms with Crippen molar-refractivity contribution >= 4 is 29.1 Å². The van der Waals surface area contributed by atoms with Gasteiger partial charge in [0.15, 0.2) is 0 Å². The van der Waals surface area contributed by atoms with E-state index in [1.165, 1.54) is 11.3 Å². The first-order valence-corrected chi connectivity index (χ1v) is 5.66. The highest BCUT2D eigenvalue weighted by molar-refractivity contribution is 7.98. The lowest BCUT2D eigenvalue weighted by molar-refractivity contribution is 0.0702. The van der Waals surface area contributed by atoms with Crippen LogP contribution in [0.5, 0.6) is 0 Å². The van der Waals surface area contributed by atoms with Gasteiger partial charge in [0.2, 0.25) is 0 Å². The molecule has 1 heterocycles. The van der Waals surface area contributed by atoms with E-state index in [4.69, 9.17) is 5.11 Å². The Bertz CT molecular complexity index is 268. The molecule has 0 atom stereocenters. The number of carbonyl (C=O) groups is 1. The van der Waals surface area contributed by atoms with Gasteiger partial charge in [-0.3, -0.25) is 0 Å². The SMILES string of the molecule is CCSCc1csc(C(=O)O)c1. The van der Waals surface area contributed by atoms with E-state index in [1.54, 1.807) is 17.8 Å². The predicted molar refractivity (Wildman–Crippen MR) is 53.1 cm³/mol. The number of aromatic carboxylic acids is 1. The van der Waals surface area contributed by atoms with E-state index in [0.29, 0.717) is 4.88 Å². The molecule has 66 valence electrons. The fraction of sp³-hybridized carbons (Fsp3) is 0.375. The van der Waals surface area contributed by atoms with Crippen LogP contribution in [0.3, 0.4) is 0 Å². The zero-order valence-electron chi connectivity index (χ0n) is 6.74. The van der Waals surface area contributed by atoms with E-state index in [2.05, 4.69) is 6.92 Å². The molecule has 1 aromatic rings. The van der Waals surface area contributed by atoms with E-state index < -0.39 is 5.97 Å². The van der Waals surface area contributed by atoms with E-state index >= 15 is 0 Å². The zero-order valence-corrected chi connectivity index (χ0v) is 8.37. The van der Waals surface area contributed by atoms with Crippen LogP contribution < -0.4 is 0 Å². The summed E-state index contributed by atoms with van der Waals surface area (Å²) in [5.74, 6) is 1.16. The second-order valence-electron chi connectivity index (χ2n) is 2.26. The van der Waals surface area contributed by atoms with Gasteiger partial charge in [0.1, 0.15) is 4.88 Å². The van der Waals surface area contributed by atoms with Crippen molar-refractivity contribution in [2.45, 2.75) is 12.7 Å². The summed E-state index contributed by atoms with van der Waals surface area (Å²) in [7, 11) is 0. The van der Waals surface area contributed by atoms with Gasteiger partial charge >= 0.3 is 5.97 Å². The summed E-state index contributed by atoms with van der Waals surface area (Å²) < 4.78 is 0. The van der Waals surface area contributed by atoms with Crippen molar-refractivity contribution in [3.8, 4) is 0 Å². The van der Waals surface area contributed by atoms with Crippen LogP contribution in [0.4, 0.5) is 0 Å². The van der Waals surface area contributed by atoms with Crippen molar-refractivity contribution in [1.82, 2.24) is 0 Å². The smallest absolute Gasteiger partial charge is 0.345 e. The van der Waals surface area contributed by atoms with Crippen LogP contribution in [0.25, 0.3) is 0 Å². The molecule has 0 bridgehead atoms. The maximum absolute atomic E-state index is 10.5. The Morgan fingerprint density at radius 3 is 3.00 bits per heavy atom. The van der Waals surface area contributed by atoms with Gasteiger partial charge in [0, 0.05) is 5.75 Å². The Labute approximate surface area is 79.6 Å². The molecule has 2 nitrogen and oxygen atoms in total. The molecule has 0 saturated carbocycles. The van der Waals surface area contributed by atoms with Crippen molar-refractivity contribution in [3.63, 3.8) is 0 Å². The third kappa shape index (κ3) is 2.53. The molecule has 0 unspecified atom stereocenters. The Hall–Kier alpha value is -0.480. The number of thiophene rings is 1. The normalized spacial score (nSPS) is 10.1. The van der Waals surface area contributed by atoms with E-state index in [9.17, 15) is 4.79 Å². The first-order chi connectivity index (χ1) is 5.74. The number of hydrogen-bond acceptors (Lipinski definition) is 3. The van der Waals surface area contributed by atoms with Crippen LogP contribution in [-0.2, 0) is 5.75 Å². The summed E-state index contributed by atoms with van der Waals surface area (Å²) in [6, 6.07) is 1.75. The third-order valence-electron chi connectivity index (χ3n) is 1.34. The Kier molecular flexibility index (Phi) is 3.62. The van der Waals surface area contributed by atoms with Gasteiger partial charge in [0.05, 0.1) is 0 Å². The average Bonchev–Trinajstić information content (AvgIpc) is 2.48. The zero-order chi connectivity index (χ0) is 8.97. The quantitative estimate of drug-likeness (QED) is 0.815. The van der Waals surface area contributed by atoms with Crippen LogP contribution in [0.2, 0.25) is 0 Å². The first kappa shape index (κ1) is 9.61. The van der Waals surface area contributed by atoms with Crippen molar-refractivity contribution < 1.29 is 9.90 Å². The van der Waals surface area contributed by atoms with E-state index in [1.807, 2.05) is 5.38 Å². The number of carboxylic acid groups (broad SMARTS) is 1. The summed E-state index contributed by atoms with van der Waals surface area (Å²) >= 11 is 3.10. The standard InChI is InChI=1S/C8H10O2S2/c1-2-11-4-6-3-7(8(9)10)12-5-6/h3,5H,2,4H2,1H3,(H,9,10). The van der Waals surface area contributed by atoms with Gasteiger partial charge in [-0.15, -0.1) is 11.3 Å². The monoisotopic (exact) mass is 202 g/mol. The molecule has 0 aliphatic rings. The van der Waals surface area contributed by atoms with E-state index in [-0.39, 0.29) is 0 Å². The molecule has 1 N–H and O–H groups in total. The maximum Gasteiger partial charge on any atom is 0.345 e. The summed E-state index contributed by atoms with van der Waals surface area (Å²) in [6.07, 6.45) is 0. The van der Waals surface area contributed by atoms with Crippen molar-refractivity contribution in [2.24, 2.45) is 0 Å². The molecule has 1 aromatic heterocycles. The fourth-order valence-electron chi connectivity index (χ4n) is 0.783. The summed E-state index contributed by atoms with van der Waals surface area (Å²) in [6.45, 7) is 2.09. The molecule has 0 spiro atoms. The topological polar surface area (TPSA) is 37.3 Å². The van der Waals surface area contributed by atoms with Crippen LogP contribution in [0, 0.1) is 0 Å². The molecule has 0 radical (unpaired) electrons. The van der Waals surface area contributed by atoms with Crippen molar-refractivity contribution in [3.05, 3.63) is 21.9 Å². The van der Waals surface area contributed by atoms with E-state index in [0.717, 1.165) is 17.1 Å². The van der Waals surface area contributed by atoms with Gasteiger partial charge < -0.3 is 5.11 Å². The molecule has 0 aromatic carbocycles. The van der Waals surface area contributed by atoms with Crippen LogP contribution in [-0.4, -0.2) is 16.8 Å². The molecule has 4 heteroatoms. The Balaban J connectivity index is 2.58. The fourth-order valence-corrected chi connectivity index (χ4v) is 2.25. The third-order valence-corrected chi connectivity index (χ3v) is 3.25. The summed E-state index contributed by atoms with van der Waals surface area (Å²) in [5, 5.41) is 10.5. The van der Waals surface area contributed by atoms with Crippen LogP contribution in [0.1, 0.15) is 22.2 Å². The molecule has 12 heavy (non-hydrogen) atoms. The van der Waals surface area contributed by atoms with Gasteiger partial charge in [-0.1, -0.05) is 6.92 Å². The summed E-state index contributed by atoms with van der Waals surface area (Å²) in [5.41, 5.74) is 1.12. The largest absolute Gasteiger partial charge is 0.477 e. The number of carboxylic acids is 1. The number of rotatable bonds is 4. The van der Waals surface area contributed by atoms with Crippen LogP contribution in [0.15, 0.2) is 11.4 Å². The average molecular weight is 202 g/mol. The van der Waals surface area contributed by atoms with Gasteiger partial charge in [0.25, 0.3) is 0 Å². The maximum atomic E-state index is 10.5. The lowest BCUT2D eigenvalue weighted by Gasteiger charge is -1.91. The minimum Gasteiger partial charge on any atom is -0.477 e. The summed E-state index contributed by atoms with van der Waals surface area (Å²) in [4.78, 5) is 10.9. The van der Waals surface area contributed by atoms with Crippen molar-refractivity contribution in [1.29, 1.82) is 0 Å². The van der Waals surface area contributed by atoms with Crippen molar-refractivity contribution in [2.75, 3.05) is 5.75 Å². The van der Waals surface area contributed by atoms with Crippen LogP contribution >= 0.6 is 23.1 Å². The van der Waals surface area contributed by atoms with Gasteiger partial charge in [-0.25, -0.2) is 4.79 Å². The Morgan fingerprint density at radius 2 is 2.50 bits per heavy atom. The van der Waals surface area contributed by atoms with Gasteiger partial charge in [-0.2, -0.15) is 11.8 Å². The molecule has 0 saturated heterocycles. The molecule has 0 aliphatic carbocycles. The lowest BCUT2D eigenvalue weighted by atomic mass is 10.3. The molecular weight excluding hydrogens is 192 g/mol. The molecular formula is C8H10O2S2. The number of thioether (sulfide) groups is 1. The molecule has 1 rings (SSSR count). The first-order valence-electron chi connectivity index (χ1n) is 3.62. The molecule has 0 fully saturated rings. The van der Waals surface area contributed by atoms with Gasteiger partial charge in [-0.05, 0) is 22.8 Å². The number of hydrogen-bond donors (Lipinski definition) is 1. The second kappa shape index (κ2) is 4.52.